The number of carbonyl (C=O) groups excluding carboxylic acids is 2. The van der Waals surface area contributed by atoms with E-state index in [-0.39, 0.29) is 24.5 Å². The highest BCUT2D eigenvalue weighted by Gasteiger charge is 2.27. The maximum absolute atomic E-state index is 12.2. The Morgan fingerprint density at radius 2 is 1.69 bits per heavy atom. The summed E-state index contributed by atoms with van der Waals surface area (Å²) in [5.41, 5.74) is 3.85. The van der Waals surface area contributed by atoms with Gasteiger partial charge in [-0.05, 0) is 51.7 Å². The molecule has 0 aliphatic heterocycles. The highest BCUT2D eigenvalue weighted by Crippen LogP contribution is 2.22. The molecule has 0 heterocycles. The van der Waals surface area contributed by atoms with E-state index >= 15 is 0 Å². The Morgan fingerprint density at radius 3 is 2.23 bits per heavy atom. The molecule has 0 saturated heterocycles. The second-order valence-corrected chi connectivity index (χ2v) is 9.17. The van der Waals surface area contributed by atoms with Crippen LogP contribution in [0.3, 0.4) is 0 Å². The first-order chi connectivity index (χ1) is 12.1. The summed E-state index contributed by atoms with van der Waals surface area (Å²) in [4.78, 5) is 24.0. The van der Waals surface area contributed by atoms with Crippen LogP contribution in [-0.4, -0.2) is 37.8 Å². The number of anilines is 1. The van der Waals surface area contributed by atoms with E-state index < -0.39 is 21.0 Å². The molecule has 0 aliphatic carbocycles. The largest absolute Gasteiger partial charge is 0.355 e. The van der Waals surface area contributed by atoms with Crippen molar-refractivity contribution in [1.29, 1.82) is 0 Å². The van der Waals surface area contributed by atoms with Crippen molar-refractivity contribution >= 4 is 27.3 Å². The van der Waals surface area contributed by atoms with Gasteiger partial charge in [-0.25, -0.2) is 8.42 Å². The predicted octanol–water partition coefficient (Wildman–Crippen LogP) is 2.66. The van der Waals surface area contributed by atoms with Crippen LogP contribution in [0.2, 0.25) is 0 Å². The number of carbonyl (C=O) groups is 2. The minimum Gasteiger partial charge on any atom is -0.355 e. The summed E-state index contributed by atoms with van der Waals surface area (Å²) in [5, 5.41) is 4.35. The number of hydrogen-bond acceptors (Lipinski definition) is 4. The first-order valence-corrected chi connectivity index (χ1v) is 10.7. The fourth-order valence-corrected chi connectivity index (χ4v) is 4.05. The number of aryl methyl sites for hydroxylation is 3. The van der Waals surface area contributed by atoms with Gasteiger partial charge in [-0.3, -0.25) is 9.59 Å². The molecule has 0 spiro atoms. The molecule has 2 N–H and O–H groups in total. The summed E-state index contributed by atoms with van der Waals surface area (Å²) >= 11 is 0. The molecule has 0 fully saturated rings. The van der Waals surface area contributed by atoms with Crippen molar-refractivity contribution in [2.24, 2.45) is 0 Å². The van der Waals surface area contributed by atoms with Crippen molar-refractivity contribution in [2.45, 2.75) is 59.1 Å². The molecule has 0 radical (unpaired) electrons. The Balaban J connectivity index is 2.57. The highest BCUT2D eigenvalue weighted by atomic mass is 32.2. The van der Waals surface area contributed by atoms with E-state index in [0.29, 0.717) is 6.54 Å². The fourth-order valence-electron chi connectivity index (χ4n) is 2.74. The number of sulfone groups is 1. The summed E-state index contributed by atoms with van der Waals surface area (Å²) in [7, 11) is -3.57. The van der Waals surface area contributed by atoms with Gasteiger partial charge in [0.2, 0.25) is 11.8 Å². The molecule has 6 nitrogen and oxygen atoms in total. The highest BCUT2D eigenvalue weighted by molar-refractivity contribution is 7.92. The lowest BCUT2D eigenvalue weighted by atomic mass is 10.0. The first kappa shape index (κ1) is 22.2. The van der Waals surface area contributed by atoms with Crippen LogP contribution in [0, 0.1) is 20.8 Å². The van der Waals surface area contributed by atoms with E-state index in [1.165, 1.54) is 6.92 Å². The van der Waals surface area contributed by atoms with E-state index in [4.69, 9.17) is 0 Å². The molecular weight excluding hydrogens is 352 g/mol. The van der Waals surface area contributed by atoms with E-state index in [0.717, 1.165) is 28.8 Å². The maximum atomic E-state index is 12.2. The van der Waals surface area contributed by atoms with Crippen molar-refractivity contribution in [3.8, 4) is 0 Å². The maximum Gasteiger partial charge on any atom is 0.238 e. The first-order valence-electron chi connectivity index (χ1n) is 8.95. The zero-order valence-electron chi connectivity index (χ0n) is 16.3. The van der Waals surface area contributed by atoms with Crippen LogP contribution in [0.1, 0.15) is 49.8 Å². The fraction of sp³-hybridized carbons (Fsp3) is 0.579. The quantitative estimate of drug-likeness (QED) is 0.687. The van der Waals surface area contributed by atoms with Gasteiger partial charge in [0.1, 0.15) is 5.25 Å². The third-order valence-electron chi connectivity index (χ3n) is 4.23. The molecular formula is C19H30N2O4S. The van der Waals surface area contributed by atoms with Gasteiger partial charge in [0.15, 0.2) is 9.84 Å². The summed E-state index contributed by atoms with van der Waals surface area (Å²) < 4.78 is 24.5. The minimum absolute atomic E-state index is 0.0925. The average molecular weight is 383 g/mol. The number of hydrogen-bond donors (Lipinski definition) is 2. The molecule has 7 heteroatoms. The Morgan fingerprint density at radius 1 is 1.12 bits per heavy atom. The zero-order valence-corrected chi connectivity index (χ0v) is 17.1. The van der Waals surface area contributed by atoms with Gasteiger partial charge in [-0.2, -0.15) is 0 Å². The molecule has 0 aliphatic rings. The number of amides is 2. The lowest BCUT2D eigenvalue weighted by Crippen LogP contribution is -2.39. The molecule has 146 valence electrons. The number of benzene rings is 1. The normalized spacial score (nSPS) is 12.5. The molecule has 1 unspecified atom stereocenters. The Hall–Kier alpha value is -1.89. The zero-order chi connectivity index (χ0) is 19.9. The number of rotatable bonds is 9. The second-order valence-electron chi connectivity index (χ2n) is 6.73. The Bertz CT molecular complexity index is 734. The van der Waals surface area contributed by atoms with Crippen molar-refractivity contribution < 1.29 is 18.0 Å². The van der Waals surface area contributed by atoms with Crippen molar-refractivity contribution in [1.82, 2.24) is 5.32 Å². The lowest BCUT2D eigenvalue weighted by molar-refractivity contribution is -0.120. The molecule has 1 aromatic carbocycles. The molecule has 0 aromatic heterocycles. The smallest absolute Gasteiger partial charge is 0.238 e. The van der Waals surface area contributed by atoms with Gasteiger partial charge in [-0.15, -0.1) is 0 Å². The minimum atomic E-state index is -3.57. The molecule has 2 amide bonds. The second kappa shape index (κ2) is 9.71. The van der Waals surface area contributed by atoms with Gasteiger partial charge in [0, 0.05) is 18.7 Å². The van der Waals surface area contributed by atoms with Gasteiger partial charge < -0.3 is 10.6 Å². The van der Waals surface area contributed by atoms with Gasteiger partial charge in [0.25, 0.3) is 0 Å². The van der Waals surface area contributed by atoms with Crippen LogP contribution in [0.4, 0.5) is 5.69 Å². The summed E-state index contributed by atoms with van der Waals surface area (Å²) in [6, 6.07) is 3.98. The Kier molecular flexibility index (Phi) is 8.27. The number of nitrogens with one attached hydrogen (secondary N) is 2. The summed E-state index contributed by atoms with van der Waals surface area (Å²) in [6.45, 7) is 9.59. The molecule has 1 aromatic rings. The van der Waals surface area contributed by atoms with Gasteiger partial charge in [0.05, 0.1) is 5.75 Å². The molecule has 26 heavy (non-hydrogen) atoms. The molecule has 0 saturated carbocycles. The van der Waals surface area contributed by atoms with Crippen molar-refractivity contribution in [2.75, 3.05) is 17.6 Å². The van der Waals surface area contributed by atoms with E-state index in [1.807, 2.05) is 39.8 Å². The van der Waals surface area contributed by atoms with Crippen LogP contribution in [-0.2, 0) is 19.4 Å². The third-order valence-corrected chi connectivity index (χ3v) is 6.38. The van der Waals surface area contributed by atoms with E-state index in [9.17, 15) is 18.0 Å². The molecule has 1 atom stereocenters. The molecule has 0 bridgehead atoms. The monoisotopic (exact) mass is 382 g/mol. The Labute approximate surface area is 156 Å². The van der Waals surface area contributed by atoms with E-state index in [2.05, 4.69) is 10.6 Å². The third kappa shape index (κ3) is 6.44. The topological polar surface area (TPSA) is 92.3 Å². The average Bonchev–Trinajstić information content (AvgIpc) is 2.55. The molecule has 1 rings (SSSR count). The predicted molar refractivity (Wildman–Crippen MR) is 105 cm³/mol. The summed E-state index contributed by atoms with van der Waals surface area (Å²) in [5.74, 6) is -0.895. The van der Waals surface area contributed by atoms with Gasteiger partial charge >= 0.3 is 0 Å². The van der Waals surface area contributed by atoms with Crippen LogP contribution in [0.15, 0.2) is 12.1 Å². The standard InChI is InChI=1S/C19H30N2O4S/c1-6-9-20-19(23)16(5)26(24,25)10-7-8-17(22)21-18-14(3)11-13(2)12-15(18)4/h11-12,16H,6-10H2,1-5H3,(H,20,23)(H,21,22). The van der Waals surface area contributed by atoms with Crippen LogP contribution in [0.5, 0.6) is 0 Å². The van der Waals surface area contributed by atoms with Crippen molar-refractivity contribution in [3.05, 3.63) is 28.8 Å². The van der Waals surface area contributed by atoms with Crippen molar-refractivity contribution in [3.63, 3.8) is 0 Å². The van der Waals surface area contributed by atoms with E-state index in [1.54, 1.807) is 0 Å². The van der Waals surface area contributed by atoms with Gasteiger partial charge in [-0.1, -0.05) is 24.6 Å². The van der Waals surface area contributed by atoms with Crippen LogP contribution in [0.25, 0.3) is 0 Å². The SMILES string of the molecule is CCCNC(=O)C(C)S(=O)(=O)CCCC(=O)Nc1c(C)cc(C)cc1C. The summed E-state index contributed by atoms with van der Waals surface area (Å²) in [6.07, 6.45) is 1.02. The lowest BCUT2D eigenvalue weighted by Gasteiger charge is -2.14. The van der Waals surface area contributed by atoms with Crippen LogP contribution >= 0.6 is 0 Å². The van der Waals surface area contributed by atoms with Crippen LogP contribution < -0.4 is 10.6 Å².